The summed E-state index contributed by atoms with van der Waals surface area (Å²) in [6, 6.07) is 9.22. The second-order valence-electron chi connectivity index (χ2n) is 8.22. The molecule has 0 unspecified atom stereocenters. The molecular weight excluding hydrogens is 392 g/mol. The van der Waals surface area contributed by atoms with Crippen molar-refractivity contribution in [3.05, 3.63) is 53.2 Å². The van der Waals surface area contributed by atoms with Gasteiger partial charge in [-0.05, 0) is 38.0 Å². The fourth-order valence-corrected chi connectivity index (χ4v) is 5.03. The molecule has 0 saturated heterocycles. The summed E-state index contributed by atoms with van der Waals surface area (Å²) in [5.74, 6) is -0.104. The van der Waals surface area contributed by atoms with Crippen LogP contribution in [0.3, 0.4) is 0 Å². The van der Waals surface area contributed by atoms with E-state index < -0.39 is 15.7 Å². The second kappa shape index (κ2) is 7.00. The third kappa shape index (κ3) is 3.79. The number of ether oxygens (including phenoxy) is 1. The molecule has 29 heavy (non-hydrogen) atoms. The number of nitrogens with zero attached hydrogens (tertiary/aromatic N) is 3. The van der Waals surface area contributed by atoms with Crippen LogP contribution >= 0.6 is 0 Å². The average molecular weight is 417 g/mol. The number of anilines is 1. The summed E-state index contributed by atoms with van der Waals surface area (Å²) in [7, 11) is -3.81. The van der Waals surface area contributed by atoms with Crippen LogP contribution in [0.1, 0.15) is 42.3 Å². The standard InChI is InChI=1S/C20H24N4O4S/c1-20(2,3)22-18(25)16-10-17-19(21-11-16)28-9-8-24(17)29(26,27)23-12-14-6-4-5-7-15(14)13-23/h4-7,10-11H,8-9,12-13H2,1-3H3,(H,22,25). The van der Waals surface area contributed by atoms with E-state index in [0.29, 0.717) is 13.1 Å². The summed E-state index contributed by atoms with van der Waals surface area (Å²) in [6.45, 7) is 6.64. The van der Waals surface area contributed by atoms with Gasteiger partial charge in [0.15, 0.2) is 0 Å². The second-order valence-corrected chi connectivity index (χ2v) is 10.1. The predicted molar refractivity (Wildman–Crippen MR) is 109 cm³/mol. The van der Waals surface area contributed by atoms with Gasteiger partial charge in [0.05, 0.1) is 12.1 Å². The highest BCUT2D eigenvalue weighted by Crippen LogP contribution is 2.35. The van der Waals surface area contributed by atoms with Crippen molar-refractivity contribution < 1.29 is 17.9 Å². The molecule has 3 heterocycles. The van der Waals surface area contributed by atoms with Crippen LogP contribution in [-0.2, 0) is 23.3 Å². The Labute approximate surface area is 170 Å². The first kappa shape index (κ1) is 19.7. The van der Waals surface area contributed by atoms with Gasteiger partial charge in [-0.2, -0.15) is 12.7 Å². The van der Waals surface area contributed by atoms with Gasteiger partial charge in [0.2, 0.25) is 5.88 Å². The number of carbonyl (C=O) groups is 1. The summed E-state index contributed by atoms with van der Waals surface area (Å²) in [5, 5.41) is 2.86. The molecular formula is C20H24N4O4S. The largest absolute Gasteiger partial charge is 0.474 e. The van der Waals surface area contributed by atoms with E-state index >= 15 is 0 Å². The number of rotatable bonds is 3. The number of aromatic nitrogens is 1. The molecule has 1 aromatic carbocycles. The van der Waals surface area contributed by atoms with Gasteiger partial charge in [-0.3, -0.25) is 4.79 Å². The van der Waals surface area contributed by atoms with Crippen molar-refractivity contribution in [1.82, 2.24) is 14.6 Å². The molecule has 2 aromatic rings. The van der Waals surface area contributed by atoms with E-state index in [1.54, 1.807) is 0 Å². The summed E-state index contributed by atoms with van der Waals surface area (Å²) >= 11 is 0. The SMILES string of the molecule is CC(C)(C)NC(=O)c1cnc2c(c1)N(S(=O)(=O)N1Cc3ccccc3C1)CCO2. The third-order valence-electron chi connectivity index (χ3n) is 4.80. The zero-order valence-electron chi connectivity index (χ0n) is 16.7. The van der Waals surface area contributed by atoms with Crippen LogP contribution in [0.2, 0.25) is 0 Å². The van der Waals surface area contributed by atoms with Gasteiger partial charge in [-0.25, -0.2) is 9.29 Å². The van der Waals surface area contributed by atoms with Crippen LogP contribution in [0.15, 0.2) is 36.5 Å². The maximum Gasteiger partial charge on any atom is 0.305 e. The molecule has 0 aliphatic carbocycles. The van der Waals surface area contributed by atoms with Gasteiger partial charge in [-0.1, -0.05) is 24.3 Å². The smallest absolute Gasteiger partial charge is 0.305 e. The van der Waals surface area contributed by atoms with Crippen molar-refractivity contribution in [3.63, 3.8) is 0 Å². The number of carbonyl (C=O) groups excluding carboxylic acids is 1. The van der Waals surface area contributed by atoms with E-state index in [9.17, 15) is 13.2 Å². The van der Waals surface area contributed by atoms with E-state index in [-0.39, 0.29) is 36.2 Å². The molecule has 1 N–H and O–H groups in total. The topological polar surface area (TPSA) is 91.8 Å². The Kier molecular flexibility index (Phi) is 4.74. The number of nitrogens with one attached hydrogen (secondary N) is 1. The highest BCUT2D eigenvalue weighted by molar-refractivity contribution is 7.90. The van der Waals surface area contributed by atoms with Crippen LogP contribution < -0.4 is 14.4 Å². The van der Waals surface area contributed by atoms with Gasteiger partial charge in [0.1, 0.15) is 12.3 Å². The minimum atomic E-state index is -3.81. The van der Waals surface area contributed by atoms with Crippen LogP contribution in [0, 0.1) is 0 Å². The summed E-state index contributed by atoms with van der Waals surface area (Å²) in [6.07, 6.45) is 1.40. The normalized spacial score (nSPS) is 16.7. The predicted octanol–water partition coefficient (Wildman–Crippen LogP) is 2.07. The van der Waals surface area contributed by atoms with Crippen molar-refractivity contribution in [2.45, 2.75) is 39.4 Å². The lowest BCUT2D eigenvalue weighted by molar-refractivity contribution is 0.0919. The molecule has 0 saturated carbocycles. The van der Waals surface area contributed by atoms with Gasteiger partial charge in [-0.15, -0.1) is 0 Å². The Morgan fingerprint density at radius 2 is 1.83 bits per heavy atom. The van der Waals surface area contributed by atoms with E-state index in [0.717, 1.165) is 11.1 Å². The molecule has 0 fully saturated rings. The molecule has 1 amide bonds. The fraction of sp³-hybridized carbons (Fsp3) is 0.400. The first-order valence-electron chi connectivity index (χ1n) is 9.45. The maximum absolute atomic E-state index is 13.4. The Bertz CT molecular complexity index is 1040. The molecule has 0 radical (unpaired) electrons. The Hall–Kier alpha value is -2.65. The fourth-order valence-electron chi connectivity index (χ4n) is 3.46. The van der Waals surface area contributed by atoms with Crippen molar-refractivity contribution >= 4 is 21.8 Å². The molecule has 4 rings (SSSR count). The van der Waals surface area contributed by atoms with Crippen molar-refractivity contribution in [3.8, 4) is 5.88 Å². The van der Waals surface area contributed by atoms with Crippen LogP contribution in [0.5, 0.6) is 5.88 Å². The molecule has 2 aliphatic heterocycles. The van der Waals surface area contributed by atoms with Crippen molar-refractivity contribution in [2.24, 2.45) is 0 Å². The molecule has 2 aliphatic rings. The van der Waals surface area contributed by atoms with E-state index in [4.69, 9.17) is 4.74 Å². The first-order chi connectivity index (χ1) is 13.6. The third-order valence-corrected chi connectivity index (χ3v) is 6.65. The number of pyridine rings is 1. The molecule has 154 valence electrons. The maximum atomic E-state index is 13.4. The van der Waals surface area contributed by atoms with Crippen molar-refractivity contribution in [2.75, 3.05) is 17.5 Å². The number of hydrogen-bond donors (Lipinski definition) is 1. The minimum Gasteiger partial charge on any atom is -0.474 e. The quantitative estimate of drug-likeness (QED) is 0.827. The number of benzene rings is 1. The summed E-state index contributed by atoms with van der Waals surface area (Å²) in [4.78, 5) is 16.7. The van der Waals surface area contributed by atoms with E-state index in [2.05, 4.69) is 10.3 Å². The Morgan fingerprint density at radius 1 is 1.17 bits per heavy atom. The molecule has 0 bridgehead atoms. The highest BCUT2D eigenvalue weighted by atomic mass is 32.2. The van der Waals surface area contributed by atoms with E-state index in [1.165, 1.54) is 20.9 Å². The highest BCUT2D eigenvalue weighted by Gasteiger charge is 2.37. The average Bonchev–Trinajstić information content (AvgIpc) is 3.11. The monoisotopic (exact) mass is 416 g/mol. The minimum absolute atomic E-state index is 0.161. The van der Waals surface area contributed by atoms with Crippen molar-refractivity contribution in [1.29, 1.82) is 0 Å². The lowest BCUT2D eigenvalue weighted by Gasteiger charge is -2.32. The Balaban J connectivity index is 1.65. The van der Waals surface area contributed by atoms with E-state index in [1.807, 2.05) is 45.0 Å². The first-order valence-corrected chi connectivity index (χ1v) is 10.8. The van der Waals surface area contributed by atoms with Crippen LogP contribution in [0.4, 0.5) is 5.69 Å². The van der Waals surface area contributed by atoms with Gasteiger partial charge >= 0.3 is 10.2 Å². The Morgan fingerprint density at radius 3 is 2.45 bits per heavy atom. The summed E-state index contributed by atoms with van der Waals surface area (Å²) < 4.78 is 35.1. The molecule has 0 spiro atoms. The van der Waals surface area contributed by atoms with Gasteiger partial charge in [0.25, 0.3) is 5.91 Å². The summed E-state index contributed by atoms with van der Waals surface area (Å²) in [5.41, 5.74) is 2.15. The molecule has 8 nitrogen and oxygen atoms in total. The van der Waals surface area contributed by atoms with Crippen LogP contribution in [0.25, 0.3) is 0 Å². The molecule has 1 aromatic heterocycles. The van der Waals surface area contributed by atoms with Crippen LogP contribution in [-0.4, -0.2) is 42.3 Å². The molecule has 0 atom stereocenters. The number of fused-ring (bicyclic) bond motifs is 2. The van der Waals surface area contributed by atoms with Gasteiger partial charge in [0, 0.05) is 24.8 Å². The lowest BCUT2D eigenvalue weighted by Crippen LogP contribution is -2.45. The lowest BCUT2D eigenvalue weighted by atomic mass is 10.1. The molecule has 9 heteroatoms. The zero-order valence-corrected chi connectivity index (χ0v) is 17.5. The zero-order chi connectivity index (χ0) is 20.8. The number of amides is 1. The number of hydrogen-bond acceptors (Lipinski definition) is 5. The van der Waals surface area contributed by atoms with Gasteiger partial charge < -0.3 is 10.1 Å².